The fourth-order valence-corrected chi connectivity index (χ4v) is 1.66. The number of aliphatic imine (C=N–C) groups is 1. The van der Waals surface area contributed by atoms with Crippen LogP contribution in [0.5, 0.6) is 0 Å². The number of unbranched alkanes of at least 4 members (excludes halogenated alkanes) is 1. The molecule has 0 spiro atoms. The highest BCUT2D eigenvalue weighted by atomic mass is 16.2. The Balaban J connectivity index is 2.49. The first-order valence-corrected chi connectivity index (χ1v) is 7.22. The number of carbonyl (C=O) groups is 2. The van der Waals surface area contributed by atoms with E-state index >= 15 is 0 Å². The molecule has 0 heterocycles. The molecule has 0 aliphatic carbocycles. The molecule has 0 bridgehead atoms. The number of rotatable bonds is 8. The van der Waals surface area contributed by atoms with Crippen LogP contribution in [0.15, 0.2) is 29.3 Å². The number of carbonyl (C=O) groups excluding carboxylic acids is 2. The second-order valence-corrected chi connectivity index (χ2v) is 4.83. The van der Waals surface area contributed by atoms with Crippen LogP contribution in [-0.4, -0.2) is 30.9 Å². The predicted octanol–water partition coefficient (Wildman–Crippen LogP) is 0.106. The zero-order chi connectivity index (χ0) is 16.4. The van der Waals surface area contributed by atoms with E-state index in [0.717, 1.165) is 24.9 Å². The van der Waals surface area contributed by atoms with E-state index in [-0.39, 0.29) is 12.5 Å². The Morgan fingerprint density at radius 3 is 2.41 bits per heavy atom. The van der Waals surface area contributed by atoms with Crippen molar-refractivity contribution in [3.05, 3.63) is 35.4 Å². The molecule has 7 heteroatoms. The van der Waals surface area contributed by atoms with Crippen molar-refractivity contribution < 1.29 is 9.59 Å². The maximum Gasteiger partial charge on any atom is 0.251 e. The molecule has 0 aliphatic heterocycles. The first kappa shape index (κ1) is 17.5. The zero-order valence-electron chi connectivity index (χ0n) is 12.8. The summed E-state index contributed by atoms with van der Waals surface area (Å²) in [4.78, 5) is 26.5. The number of hydrogen-bond acceptors (Lipinski definition) is 3. The SMILES string of the molecule is CCCCNC(N)=NCc1ccc(C(=O)NCC(N)=O)cc1. The smallest absolute Gasteiger partial charge is 0.251 e. The van der Waals surface area contributed by atoms with Crippen LogP contribution in [0.25, 0.3) is 0 Å². The standard InChI is InChI=1S/C15H23N5O2/c1-2-3-8-18-15(17)20-9-11-4-6-12(7-5-11)14(22)19-10-13(16)21/h4-7H,2-3,8-10H2,1H3,(H2,16,21)(H,19,22)(H3,17,18,20). The van der Waals surface area contributed by atoms with Gasteiger partial charge in [0.15, 0.2) is 5.96 Å². The molecule has 0 saturated heterocycles. The number of nitrogens with two attached hydrogens (primary N) is 2. The summed E-state index contributed by atoms with van der Waals surface area (Å²) in [6, 6.07) is 6.92. The van der Waals surface area contributed by atoms with Crippen molar-refractivity contribution in [2.75, 3.05) is 13.1 Å². The lowest BCUT2D eigenvalue weighted by atomic mass is 10.1. The van der Waals surface area contributed by atoms with Gasteiger partial charge in [-0.2, -0.15) is 0 Å². The maximum absolute atomic E-state index is 11.7. The summed E-state index contributed by atoms with van der Waals surface area (Å²) < 4.78 is 0. The number of nitrogens with one attached hydrogen (secondary N) is 2. The lowest BCUT2D eigenvalue weighted by molar-refractivity contribution is -0.117. The van der Waals surface area contributed by atoms with E-state index in [1.807, 2.05) is 0 Å². The number of guanidine groups is 1. The van der Waals surface area contributed by atoms with Crippen LogP contribution < -0.4 is 22.1 Å². The van der Waals surface area contributed by atoms with Crippen LogP contribution in [-0.2, 0) is 11.3 Å². The van der Waals surface area contributed by atoms with Crippen LogP contribution in [0, 0.1) is 0 Å². The Hall–Kier alpha value is -2.57. The summed E-state index contributed by atoms with van der Waals surface area (Å²) in [5.41, 5.74) is 12.1. The number of nitrogens with zero attached hydrogens (tertiary/aromatic N) is 1. The molecule has 0 aromatic heterocycles. The fraction of sp³-hybridized carbons (Fsp3) is 0.400. The summed E-state index contributed by atoms with van der Waals surface area (Å²) in [7, 11) is 0. The van der Waals surface area contributed by atoms with Crippen molar-refractivity contribution in [3.63, 3.8) is 0 Å². The maximum atomic E-state index is 11.7. The molecule has 6 N–H and O–H groups in total. The summed E-state index contributed by atoms with van der Waals surface area (Å²) in [5.74, 6) is -0.503. The number of amides is 2. The monoisotopic (exact) mass is 305 g/mol. The van der Waals surface area contributed by atoms with Crippen molar-refractivity contribution in [3.8, 4) is 0 Å². The van der Waals surface area contributed by atoms with Gasteiger partial charge in [0.1, 0.15) is 0 Å². The first-order valence-electron chi connectivity index (χ1n) is 7.22. The predicted molar refractivity (Wildman–Crippen MR) is 86.2 cm³/mol. The highest BCUT2D eigenvalue weighted by Gasteiger charge is 2.05. The molecule has 7 nitrogen and oxygen atoms in total. The van der Waals surface area contributed by atoms with E-state index in [0.29, 0.717) is 18.1 Å². The van der Waals surface area contributed by atoms with Gasteiger partial charge in [0.2, 0.25) is 5.91 Å². The van der Waals surface area contributed by atoms with Crippen molar-refractivity contribution in [1.82, 2.24) is 10.6 Å². The normalized spacial score (nSPS) is 11.0. The van der Waals surface area contributed by atoms with Gasteiger partial charge in [0.25, 0.3) is 5.91 Å². The second kappa shape index (κ2) is 9.38. The lowest BCUT2D eigenvalue weighted by Gasteiger charge is -2.05. The molecule has 120 valence electrons. The zero-order valence-corrected chi connectivity index (χ0v) is 12.8. The molecule has 1 aromatic carbocycles. The van der Waals surface area contributed by atoms with Gasteiger partial charge in [-0.25, -0.2) is 4.99 Å². The topological polar surface area (TPSA) is 123 Å². The molecular weight excluding hydrogens is 282 g/mol. The summed E-state index contributed by atoms with van der Waals surface area (Å²) >= 11 is 0. The average molecular weight is 305 g/mol. The minimum absolute atomic E-state index is 0.176. The van der Waals surface area contributed by atoms with Crippen molar-refractivity contribution in [2.45, 2.75) is 26.3 Å². The van der Waals surface area contributed by atoms with Crippen LogP contribution in [0.4, 0.5) is 0 Å². The number of hydrogen-bond donors (Lipinski definition) is 4. The van der Waals surface area contributed by atoms with Crippen LogP contribution >= 0.6 is 0 Å². The van der Waals surface area contributed by atoms with Gasteiger partial charge in [0.05, 0.1) is 13.1 Å². The van der Waals surface area contributed by atoms with Gasteiger partial charge >= 0.3 is 0 Å². The van der Waals surface area contributed by atoms with Gasteiger partial charge in [0, 0.05) is 12.1 Å². The molecule has 0 saturated carbocycles. The molecule has 0 unspecified atom stereocenters. The van der Waals surface area contributed by atoms with Gasteiger partial charge in [-0.3, -0.25) is 9.59 Å². The average Bonchev–Trinajstić information content (AvgIpc) is 2.51. The van der Waals surface area contributed by atoms with Gasteiger partial charge < -0.3 is 22.1 Å². The van der Waals surface area contributed by atoms with E-state index in [2.05, 4.69) is 22.5 Å². The Morgan fingerprint density at radius 1 is 1.14 bits per heavy atom. The van der Waals surface area contributed by atoms with Gasteiger partial charge in [-0.05, 0) is 24.1 Å². The highest BCUT2D eigenvalue weighted by molar-refractivity contribution is 5.96. The number of primary amides is 1. The third kappa shape index (κ3) is 6.74. The molecule has 0 fully saturated rings. The van der Waals surface area contributed by atoms with Crippen LogP contribution in [0.1, 0.15) is 35.7 Å². The van der Waals surface area contributed by atoms with E-state index in [1.54, 1.807) is 24.3 Å². The minimum Gasteiger partial charge on any atom is -0.370 e. The Morgan fingerprint density at radius 2 is 1.82 bits per heavy atom. The molecule has 1 rings (SSSR count). The number of benzene rings is 1. The Labute approximate surface area is 130 Å². The highest BCUT2D eigenvalue weighted by Crippen LogP contribution is 2.05. The summed E-state index contributed by atoms with van der Waals surface area (Å²) in [6.07, 6.45) is 2.14. The summed E-state index contributed by atoms with van der Waals surface area (Å²) in [5, 5.41) is 5.46. The van der Waals surface area contributed by atoms with Crippen molar-refractivity contribution in [2.24, 2.45) is 16.5 Å². The third-order valence-corrected chi connectivity index (χ3v) is 2.91. The van der Waals surface area contributed by atoms with Crippen molar-refractivity contribution in [1.29, 1.82) is 0 Å². The molecule has 0 aliphatic rings. The third-order valence-electron chi connectivity index (χ3n) is 2.91. The lowest BCUT2D eigenvalue weighted by Crippen LogP contribution is -2.33. The van der Waals surface area contributed by atoms with Crippen LogP contribution in [0.3, 0.4) is 0 Å². The van der Waals surface area contributed by atoms with Gasteiger partial charge in [-0.1, -0.05) is 25.5 Å². The van der Waals surface area contributed by atoms with Crippen LogP contribution in [0.2, 0.25) is 0 Å². The quantitative estimate of drug-likeness (QED) is 0.309. The molecular formula is C15H23N5O2. The molecule has 0 atom stereocenters. The van der Waals surface area contributed by atoms with E-state index in [9.17, 15) is 9.59 Å². The van der Waals surface area contributed by atoms with E-state index in [4.69, 9.17) is 11.5 Å². The summed E-state index contributed by atoms with van der Waals surface area (Å²) in [6.45, 7) is 3.18. The minimum atomic E-state index is -0.578. The largest absolute Gasteiger partial charge is 0.370 e. The second-order valence-electron chi connectivity index (χ2n) is 4.83. The first-order chi connectivity index (χ1) is 10.5. The van der Waals surface area contributed by atoms with Crippen molar-refractivity contribution >= 4 is 17.8 Å². The van der Waals surface area contributed by atoms with Gasteiger partial charge in [-0.15, -0.1) is 0 Å². The molecule has 2 amide bonds. The fourth-order valence-electron chi connectivity index (χ4n) is 1.66. The van der Waals surface area contributed by atoms with E-state index in [1.165, 1.54) is 0 Å². The Kier molecular flexibility index (Phi) is 7.45. The van der Waals surface area contributed by atoms with E-state index < -0.39 is 5.91 Å². The Bertz CT molecular complexity index is 525. The molecule has 0 radical (unpaired) electrons. The molecule has 1 aromatic rings. The molecule has 22 heavy (non-hydrogen) atoms.